The largest absolute Gasteiger partial charge is 0.340 e. The van der Waals surface area contributed by atoms with Crippen molar-refractivity contribution in [2.75, 3.05) is 26.2 Å². The van der Waals surface area contributed by atoms with Gasteiger partial charge in [-0.2, -0.15) is 0 Å². The highest BCUT2D eigenvalue weighted by atomic mass is 32.1. The molecule has 0 saturated carbocycles. The van der Waals surface area contributed by atoms with Gasteiger partial charge in [-0.1, -0.05) is 30.3 Å². The lowest BCUT2D eigenvalue weighted by Gasteiger charge is -2.27. The zero-order valence-corrected chi connectivity index (χ0v) is 12.0. The van der Waals surface area contributed by atoms with E-state index >= 15 is 0 Å². The van der Waals surface area contributed by atoms with E-state index in [0.717, 1.165) is 42.4 Å². The number of hydrogen-bond donors (Lipinski definition) is 1. The fraction of sp³-hybridized carbons (Fsp3) is 0.333. The first-order valence-electron chi connectivity index (χ1n) is 6.81. The summed E-state index contributed by atoms with van der Waals surface area (Å²) in [6, 6.07) is 10.1. The molecule has 0 spiro atoms. The van der Waals surface area contributed by atoms with Gasteiger partial charge in [-0.3, -0.25) is 4.79 Å². The predicted molar refractivity (Wildman–Crippen MR) is 80.7 cm³/mol. The van der Waals surface area contributed by atoms with Crippen LogP contribution in [-0.4, -0.2) is 42.0 Å². The Bertz CT molecular complexity index is 576. The minimum Gasteiger partial charge on any atom is -0.340 e. The Balaban J connectivity index is 1.66. The monoisotopic (exact) mass is 287 g/mol. The molecule has 0 aliphatic carbocycles. The standard InChI is InChI=1S/C15H17N3OS/c19-14(18-8-6-16-7-9-18)10-13-11-20-15(17-13)12-4-2-1-3-5-12/h1-5,11,16H,6-10H2. The van der Waals surface area contributed by atoms with Crippen molar-refractivity contribution in [2.45, 2.75) is 6.42 Å². The topological polar surface area (TPSA) is 45.2 Å². The van der Waals surface area contributed by atoms with E-state index in [0.29, 0.717) is 6.42 Å². The predicted octanol–water partition coefficient (Wildman–Crippen LogP) is 1.78. The Labute approximate surface area is 122 Å². The summed E-state index contributed by atoms with van der Waals surface area (Å²) in [6.45, 7) is 3.37. The smallest absolute Gasteiger partial charge is 0.228 e. The second kappa shape index (κ2) is 6.15. The first-order chi connectivity index (χ1) is 9.83. The number of piperazine rings is 1. The zero-order valence-electron chi connectivity index (χ0n) is 11.2. The maximum atomic E-state index is 12.2. The summed E-state index contributed by atoms with van der Waals surface area (Å²) in [5.41, 5.74) is 1.98. The lowest BCUT2D eigenvalue weighted by molar-refractivity contribution is -0.131. The van der Waals surface area contributed by atoms with E-state index in [9.17, 15) is 4.79 Å². The summed E-state index contributed by atoms with van der Waals surface area (Å²) in [7, 11) is 0. The van der Waals surface area contributed by atoms with Crippen molar-refractivity contribution in [3.8, 4) is 10.6 Å². The third-order valence-electron chi connectivity index (χ3n) is 3.37. The summed E-state index contributed by atoms with van der Waals surface area (Å²) >= 11 is 1.60. The number of carbonyl (C=O) groups excluding carboxylic acids is 1. The molecule has 4 nitrogen and oxygen atoms in total. The van der Waals surface area contributed by atoms with Gasteiger partial charge in [0.15, 0.2) is 0 Å². The first kappa shape index (κ1) is 13.3. The van der Waals surface area contributed by atoms with Gasteiger partial charge >= 0.3 is 0 Å². The quantitative estimate of drug-likeness (QED) is 0.936. The van der Waals surface area contributed by atoms with Crippen molar-refractivity contribution in [3.63, 3.8) is 0 Å². The van der Waals surface area contributed by atoms with Gasteiger partial charge in [0.25, 0.3) is 0 Å². The van der Waals surface area contributed by atoms with Gasteiger partial charge in [0.05, 0.1) is 12.1 Å². The van der Waals surface area contributed by atoms with Crippen LogP contribution in [0.1, 0.15) is 5.69 Å². The molecule has 0 atom stereocenters. The minimum absolute atomic E-state index is 0.177. The summed E-state index contributed by atoms with van der Waals surface area (Å²) in [5, 5.41) is 6.22. The molecular weight excluding hydrogens is 270 g/mol. The van der Waals surface area contributed by atoms with Gasteiger partial charge in [-0.25, -0.2) is 4.98 Å². The summed E-state index contributed by atoms with van der Waals surface area (Å²) < 4.78 is 0. The van der Waals surface area contributed by atoms with Crippen LogP contribution in [0.2, 0.25) is 0 Å². The van der Waals surface area contributed by atoms with Crippen molar-refractivity contribution in [2.24, 2.45) is 0 Å². The van der Waals surface area contributed by atoms with Crippen LogP contribution in [0.15, 0.2) is 35.7 Å². The maximum Gasteiger partial charge on any atom is 0.228 e. The van der Waals surface area contributed by atoms with Gasteiger partial charge < -0.3 is 10.2 Å². The van der Waals surface area contributed by atoms with Crippen LogP contribution >= 0.6 is 11.3 Å². The molecule has 1 aromatic carbocycles. The van der Waals surface area contributed by atoms with Gasteiger partial charge in [0.2, 0.25) is 5.91 Å². The number of nitrogens with zero attached hydrogens (tertiary/aromatic N) is 2. The number of rotatable bonds is 3. The second-order valence-corrected chi connectivity index (χ2v) is 5.68. The Morgan fingerprint density at radius 2 is 2.00 bits per heavy atom. The molecule has 0 unspecified atom stereocenters. The molecule has 2 heterocycles. The molecular formula is C15H17N3OS. The van der Waals surface area contributed by atoms with Crippen molar-refractivity contribution in [1.82, 2.24) is 15.2 Å². The highest BCUT2D eigenvalue weighted by molar-refractivity contribution is 7.13. The number of nitrogens with one attached hydrogen (secondary N) is 1. The van der Waals surface area contributed by atoms with E-state index in [1.807, 2.05) is 40.6 Å². The molecule has 5 heteroatoms. The second-order valence-electron chi connectivity index (χ2n) is 4.82. The molecule has 104 valence electrons. The van der Waals surface area contributed by atoms with Crippen LogP contribution in [0.5, 0.6) is 0 Å². The molecule has 1 N–H and O–H groups in total. The molecule has 1 aliphatic rings. The van der Waals surface area contributed by atoms with E-state index in [2.05, 4.69) is 10.3 Å². The third kappa shape index (κ3) is 3.05. The fourth-order valence-electron chi connectivity index (χ4n) is 2.28. The number of thiazole rings is 1. The van der Waals surface area contributed by atoms with Crippen molar-refractivity contribution in [1.29, 1.82) is 0 Å². The molecule has 1 saturated heterocycles. The highest BCUT2D eigenvalue weighted by Crippen LogP contribution is 2.23. The third-order valence-corrected chi connectivity index (χ3v) is 4.31. The Kier molecular flexibility index (Phi) is 4.08. The van der Waals surface area contributed by atoms with E-state index in [4.69, 9.17) is 0 Å². The van der Waals surface area contributed by atoms with E-state index in [1.54, 1.807) is 11.3 Å². The number of hydrogen-bond acceptors (Lipinski definition) is 4. The molecule has 2 aromatic rings. The molecule has 1 aromatic heterocycles. The van der Waals surface area contributed by atoms with Gasteiger partial charge in [-0.05, 0) is 0 Å². The van der Waals surface area contributed by atoms with Crippen LogP contribution in [0, 0.1) is 0 Å². The van der Waals surface area contributed by atoms with Gasteiger partial charge in [-0.15, -0.1) is 11.3 Å². The van der Waals surface area contributed by atoms with Crippen molar-refractivity contribution >= 4 is 17.2 Å². The fourth-order valence-corrected chi connectivity index (χ4v) is 3.11. The number of benzene rings is 1. The summed E-state index contributed by atoms with van der Waals surface area (Å²) in [6.07, 6.45) is 0.406. The van der Waals surface area contributed by atoms with E-state index in [-0.39, 0.29) is 5.91 Å². The molecule has 0 bridgehead atoms. The van der Waals surface area contributed by atoms with Crippen LogP contribution in [0.3, 0.4) is 0 Å². The van der Waals surface area contributed by atoms with Crippen LogP contribution in [0.25, 0.3) is 10.6 Å². The number of amides is 1. The maximum absolute atomic E-state index is 12.2. The van der Waals surface area contributed by atoms with Gasteiger partial charge in [0, 0.05) is 37.1 Å². The van der Waals surface area contributed by atoms with E-state index < -0.39 is 0 Å². The lowest BCUT2D eigenvalue weighted by atomic mass is 10.2. The molecule has 1 aliphatic heterocycles. The lowest BCUT2D eigenvalue weighted by Crippen LogP contribution is -2.46. The molecule has 20 heavy (non-hydrogen) atoms. The SMILES string of the molecule is O=C(Cc1csc(-c2ccccc2)n1)N1CCNCC1. The Hall–Kier alpha value is -1.72. The first-order valence-corrected chi connectivity index (χ1v) is 7.69. The average Bonchev–Trinajstić information content (AvgIpc) is 2.97. The molecule has 0 radical (unpaired) electrons. The summed E-state index contributed by atoms with van der Waals surface area (Å²) in [5.74, 6) is 0.177. The van der Waals surface area contributed by atoms with E-state index in [1.165, 1.54) is 0 Å². The Morgan fingerprint density at radius 3 is 2.75 bits per heavy atom. The minimum atomic E-state index is 0.177. The van der Waals surface area contributed by atoms with Gasteiger partial charge in [0.1, 0.15) is 5.01 Å². The molecule has 3 rings (SSSR count). The zero-order chi connectivity index (χ0) is 13.8. The Morgan fingerprint density at radius 1 is 1.25 bits per heavy atom. The van der Waals surface area contributed by atoms with Crippen molar-refractivity contribution in [3.05, 3.63) is 41.4 Å². The number of carbonyl (C=O) groups is 1. The van der Waals surface area contributed by atoms with Crippen LogP contribution in [-0.2, 0) is 11.2 Å². The van der Waals surface area contributed by atoms with Crippen LogP contribution < -0.4 is 5.32 Å². The van der Waals surface area contributed by atoms with Crippen molar-refractivity contribution < 1.29 is 4.79 Å². The molecule has 1 amide bonds. The average molecular weight is 287 g/mol. The number of aromatic nitrogens is 1. The normalized spacial score (nSPS) is 15.3. The highest BCUT2D eigenvalue weighted by Gasteiger charge is 2.17. The molecule has 1 fully saturated rings. The van der Waals surface area contributed by atoms with Crippen LogP contribution in [0.4, 0.5) is 0 Å². The summed E-state index contributed by atoms with van der Waals surface area (Å²) in [4.78, 5) is 18.7.